The van der Waals surface area contributed by atoms with E-state index in [0.29, 0.717) is 12.3 Å². The predicted molar refractivity (Wildman–Crippen MR) is 124 cm³/mol. The molecule has 1 amide bonds. The molecule has 0 spiro atoms. The van der Waals surface area contributed by atoms with Crippen LogP contribution in [-0.2, 0) is 16.8 Å². The summed E-state index contributed by atoms with van der Waals surface area (Å²) >= 11 is 1.54. The normalized spacial score (nSPS) is 22.4. The molecule has 1 aliphatic carbocycles. The molecular weight excluding hydrogens is 394 g/mol. The van der Waals surface area contributed by atoms with E-state index in [1.165, 1.54) is 57.8 Å². The second-order valence-corrected chi connectivity index (χ2v) is 11.1. The average Bonchev–Trinajstić information content (AvgIpc) is 2.69. The van der Waals surface area contributed by atoms with Crippen LogP contribution in [0, 0.1) is 5.92 Å². The Kier molecular flexibility index (Phi) is 8.44. The first-order valence-electron chi connectivity index (χ1n) is 11.9. The summed E-state index contributed by atoms with van der Waals surface area (Å²) < 4.78 is 1.69. The van der Waals surface area contributed by atoms with Crippen molar-refractivity contribution < 1.29 is 4.79 Å². The Balaban J connectivity index is 1.61. The molecule has 3 rings (SSSR count). The van der Waals surface area contributed by atoms with Crippen LogP contribution in [0.5, 0.6) is 0 Å². The van der Waals surface area contributed by atoms with E-state index in [2.05, 4.69) is 26.1 Å². The highest BCUT2D eigenvalue weighted by atomic mass is 32.2. The van der Waals surface area contributed by atoms with Gasteiger partial charge in [0.05, 0.1) is 11.6 Å². The molecule has 1 saturated carbocycles. The van der Waals surface area contributed by atoms with E-state index in [0.717, 1.165) is 23.7 Å². The summed E-state index contributed by atoms with van der Waals surface area (Å²) in [5.41, 5.74) is 0.625. The Morgan fingerprint density at radius 2 is 1.60 bits per heavy atom. The van der Waals surface area contributed by atoms with Gasteiger partial charge in [-0.1, -0.05) is 90.3 Å². The first-order chi connectivity index (χ1) is 14.3. The smallest absolute Gasteiger partial charge is 0.254 e. The molecule has 2 aliphatic rings. The highest BCUT2D eigenvalue weighted by molar-refractivity contribution is 7.99. The molecule has 0 saturated heterocycles. The van der Waals surface area contributed by atoms with Gasteiger partial charge in [0.2, 0.25) is 5.91 Å². The number of fused-ring (bicyclic) bond motifs is 1. The van der Waals surface area contributed by atoms with E-state index in [1.54, 1.807) is 22.4 Å². The van der Waals surface area contributed by atoms with Crippen LogP contribution in [0.2, 0.25) is 0 Å². The van der Waals surface area contributed by atoms with Crippen LogP contribution < -0.4 is 10.9 Å². The summed E-state index contributed by atoms with van der Waals surface area (Å²) in [5, 5.41) is 4.09. The predicted octanol–water partition coefficient (Wildman–Crippen LogP) is 5.05. The summed E-state index contributed by atoms with van der Waals surface area (Å²) in [5.74, 6) is 0.638. The molecule has 1 aromatic rings. The second kappa shape index (κ2) is 10.8. The molecule has 5 nitrogen and oxygen atoms in total. The highest BCUT2D eigenvalue weighted by Crippen LogP contribution is 2.28. The molecule has 6 heteroatoms. The second-order valence-electron chi connectivity index (χ2n) is 10.1. The summed E-state index contributed by atoms with van der Waals surface area (Å²) in [4.78, 5) is 30.4. The monoisotopic (exact) mass is 433 g/mol. The fourth-order valence-electron chi connectivity index (χ4n) is 4.38. The number of hydrogen-bond donors (Lipinski definition) is 1. The first-order valence-corrected chi connectivity index (χ1v) is 12.9. The molecule has 1 aromatic heterocycles. The van der Waals surface area contributed by atoms with Crippen LogP contribution in [0.4, 0.5) is 0 Å². The topological polar surface area (TPSA) is 64.0 Å². The standard InChI is InChI=1S/C24H39N3O2S/c1-24(2,3)20-15-21(28)27-16-18(17-30-23(27)26-20)22(29)25-19-13-11-9-7-5-4-6-8-10-12-14-19/h15,18-19H,4-14,16-17H2,1-3H3,(H,25,29). The fraction of sp³-hybridized carbons (Fsp3) is 0.792. The van der Waals surface area contributed by atoms with Gasteiger partial charge in [0.25, 0.3) is 5.56 Å². The minimum Gasteiger partial charge on any atom is -0.353 e. The van der Waals surface area contributed by atoms with Crippen molar-refractivity contribution in [3.8, 4) is 0 Å². The molecule has 0 radical (unpaired) electrons. The molecule has 168 valence electrons. The van der Waals surface area contributed by atoms with Crippen LogP contribution >= 0.6 is 11.8 Å². The number of carbonyl (C=O) groups is 1. The van der Waals surface area contributed by atoms with Crippen LogP contribution in [0.1, 0.15) is 97.1 Å². The van der Waals surface area contributed by atoms with Crippen molar-refractivity contribution in [2.75, 3.05) is 5.75 Å². The molecule has 1 atom stereocenters. The van der Waals surface area contributed by atoms with Gasteiger partial charge in [0.1, 0.15) is 0 Å². The van der Waals surface area contributed by atoms with Crippen molar-refractivity contribution in [2.24, 2.45) is 5.92 Å². The molecule has 1 N–H and O–H groups in total. The Labute approximate surface area is 185 Å². The van der Waals surface area contributed by atoms with Crippen LogP contribution in [0.3, 0.4) is 0 Å². The zero-order valence-electron chi connectivity index (χ0n) is 19.0. The lowest BCUT2D eigenvalue weighted by molar-refractivity contribution is -0.125. The quantitative estimate of drug-likeness (QED) is 0.663. The third kappa shape index (κ3) is 6.60. The van der Waals surface area contributed by atoms with E-state index in [1.807, 2.05) is 0 Å². The van der Waals surface area contributed by atoms with Crippen molar-refractivity contribution in [3.05, 3.63) is 22.1 Å². The maximum atomic E-state index is 13.0. The van der Waals surface area contributed by atoms with Gasteiger partial charge in [-0.2, -0.15) is 0 Å². The first kappa shape index (κ1) is 23.4. The Bertz CT molecular complexity index is 757. The zero-order valence-corrected chi connectivity index (χ0v) is 19.9. The molecular formula is C24H39N3O2S. The molecule has 2 heterocycles. The van der Waals surface area contributed by atoms with Gasteiger partial charge in [0.15, 0.2) is 5.16 Å². The van der Waals surface area contributed by atoms with Gasteiger partial charge in [0, 0.05) is 29.8 Å². The van der Waals surface area contributed by atoms with Gasteiger partial charge in [-0.05, 0) is 12.8 Å². The highest BCUT2D eigenvalue weighted by Gasteiger charge is 2.29. The summed E-state index contributed by atoms with van der Waals surface area (Å²) in [6.07, 6.45) is 13.9. The van der Waals surface area contributed by atoms with Crippen molar-refractivity contribution >= 4 is 17.7 Å². The number of carbonyl (C=O) groups excluding carboxylic acids is 1. The lowest BCUT2D eigenvalue weighted by atomic mass is 9.92. The van der Waals surface area contributed by atoms with E-state index in [-0.39, 0.29) is 28.8 Å². The molecule has 0 bridgehead atoms. The van der Waals surface area contributed by atoms with Crippen LogP contribution in [0.15, 0.2) is 16.0 Å². The van der Waals surface area contributed by atoms with Gasteiger partial charge in [-0.25, -0.2) is 4.98 Å². The van der Waals surface area contributed by atoms with E-state index in [4.69, 9.17) is 4.98 Å². The number of hydrogen-bond acceptors (Lipinski definition) is 4. The lowest BCUT2D eigenvalue weighted by Gasteiger charge is -2.28. The van der Waals surface area contributed by atoms with E-state index < -0.39 is 0 Å². The Morgan fingerprint density at radius 3 is 2.17 bits per heavy atom. The summed E-state index contributed by atoms with van der Waals surface area (Å²) in [7, 11) is 0. The van der Waals surface area contributed by atoms with Crippen molar-refractivity contribution in [2.45, 2.75) is 115 Å². The number of rotatable bonds is 2. The average molecular weight is 434 g/mol. The maximum Gasteiger partial charge on any atom is 0.254 e. The number of amides is 1. The largest absolute Gasteiger partial charge is 0.353 e. The summed E-state index contributed by atoms with van der Waals surface area (Å²) in [6.45, 7) is 6.65. The summed E-state index contributed by atoms with van der Waals surface area (Å²) in [6, 6.07) is 1.92. The number of nitrogens with zero attached hydrogens (tertiary/aromatic N) is 2. The third-order valence-corrected chi connectivity index (χ3v) is 7.52. The number of thioether (sulfide) groups is 1. The van der Waals surface area contributed by atoms with Gasteiger partial charge >= 0.3 is 0 Å². The zero-order chi connectivity index (χ0) is 21.6. The van der Waals surface area contributed by atoms with Crippen molar-refractivity contribution in [3.63, 3.8) is 0 Å². The maximum absolute atomic E-state index is 13.0. The minimum absolute atomic E-state index is 0.0408. The van der Waals surface area contributed by atoms with Gasteiger partial charge in [-0.3, -0.25) is 14.2 Å². The van der Waals surface area contributed by atoms with Crippen molar-refractivity contribution in [1.29, 1.82) is 0 Å². The molecule has 0 aromatic carbocycles. The SMILES string of the molecule is CC(C)(C)c1cc(=O)n2c(n1)SCC(C(=O)NC1CCCCCCCCCCC1)C2. The minimum atomic E-state index is -0.163. The molecule has 1 aliphatic heterocycles. The number of aromatic nitrogens is 2. The van der Waals surface area contributed by atoms with E-state index >= 15 is 0 Å². The van der Waals surface area contributed by atoms with Crippen molar-refractivity contribution in [1.82, 2.24) is 14.9 Å². The fourth-order valence-corrected chi connectivity index (χ4v) is 5.47. The Hall–Kier alpha value is -1.30. The molecule has 30 heavy (non-hydrogen) atoms. The lowest BCUT2D eigenvalue weighted by Crippen LogP contribution is -2.44. The van der Waals surface area contributed by atoms with E-state index in [9.17, 15) is 9.59 Å². The van der Waals surface area contributed by atoms with Crippen LogP contribution in [-0.4, -0.2) is 27.3 Å². The van der Waals surface area contributed by atoms with Gasteiger partial charge in [-0.15, -0.1) is 0 Å². The van der Waals surface area contributed by atoms with Gasteiger partial charge < -0.3 is 5.32 Å². The third-order valence-electron chi connectivity index (χ3n) is 6.38. The van der Waals surface area contributed by atoms with Crippen LogP contribution in [0.25, 0.3) is 0 Å². The molecule has 1 unspecified atom stereocenters. The number of nitrogens with one attached hydrogen (secondary N) is 1. The molecule has 1 fully saturated rings. The Morgan fingerprint density at radius 1 is 1.03 bits per heavy atom.